The highest BCUT2D eigenvalue weighted by molar-refractivity contribution is 4.80. The molecule has 2 atom stereocenters. The zero-order valence-electron chi connectivity index (χ0n) is 6.30. The Morgan fingerprint density at radius 1 is 1.67 bits per heavy atom. The van der Waals surface area contributed by atoms with Crippen molar-refractivity contribution in [3.05, 3.63) is 12.7 Å². The summed E-state index contributed by atoms with van der Waals surface area (Å²) < 4.78 is 0. The Hall–Kier alpha value is -0.300. The number of aliphatic hydroxyl groups excluding tert-OH is 1. The fraction of sp³-hybridized carbons (Fsp3) is 0.750. The summed E-state index contributed by atoms with van der Waals surface area (Å²) in [6.45, 7) is 7.65. The average Bonchev–Trinajstić information content (AvgIpc) is 1.87. The molecule has 0 radical (unpaired) electrons. The molecule has 1 heteroatoms. The van der Waals surface area contributed by atoms with Gasteiger partial charge < -0.3 is 5.11 Å². The van der Waals surface area contributed by atoms with Crippen LogP contribution < -0.4 is 0 Å². The van der Waals surface area contributed by atoms with Crippen LogP contribution in [0.3, 0.4) is 0 Å². The Labute approximate surface area is 57.4 Å². The summed E-state index contributed by atoms with van der Waals surface area (Å²) in [5.41, 5.74) is 0. The predicted molar refractivity (Wildman–Crippen MR) is 40.3 cm³/mol. The molecule has 0 bridgehead atoms. The number of hydrogen-bond acceptors (Lipinski definition) is 1. The van der Waals surface area contributed by atoms with Gasteiger partial charge in [0.1, 0.15) is 0 Å². The van der Waals surface area contributed by atoms with Crippen LogP contribution in [0.2, 0.25) is 0 Å². The molecule has 0 amide bonds. The standard InChI is InChI=1S/C8H16O/c1-4-6-8(9)7(3)5-2/h5,7-9H,2,4,6H2,1,3H3/t7-,8+/m1/s1. The van der Waals surface area contributed by atoms with Gasteiger partial charge in [-0.25, -0.2) is 0 Å². The monoisotopic (exact) mass is 128 g/mol. The molecule has 0 saturated heterocycles. The molecular formula is C8H16O. The quantitative estimate of drug-likeness (QED) is 0.574. The topological polar surface area (TPSA) is 20.2 Å². The van der Waals surface area contributed by atoms with Crippen LogP contribution in [0.1, 0.15) is 26.7 Å². The van der Waals surface area contributed by atoms with Crippen molar-refractivity contribution in [2.24, 2.45) is 5.92 Å². The molecule has 0 aromatic carbocycles. The maximum atomic E-state index is 9.25. The fourth-order valence-electron chi connectivity index (χ4n) is 0.716. The van der Waals surface area contributed by atoms with E-state index in [9.17, 15) is 5.11 Å². The molecule has 0 heterocycles. The van der Waals surface area contributed by atoms with Gasteiger partial charge in [0.2, 0.25) is 0 Å². The summed E-state index contributed by atoms with van der Waals surface area (Å²) in [5, 5.41) is 9.25. The third-order valence-electron chi connectivity index (χ3n) is 1.56. The first-order chi connectivity index (χ1) is 4.22. The van der Waals surface area contributed by atoms with Crippen molar-refractivity contribution in [2.45, 2.75) is 32.8 Å². The SMILES string of the molecule is C=C[C@@H](C)[C@@H](O)CCC. The summed E-state index contributed by atoms with van der Waals surface area (Å²) in [4.78, 5) is 0. The molecule has 0 aromatic heterocycles. The lowest BCUT2D eigenvalue weighted by atomic mass is 10.0. The van der Waals surface area contributed by atoms with Crippen LogP contribution in [0.5, 0.6) is 0 Å². The van der Waals surface area contributed by atoms with Crippen molar-refractivity contribution in [3.63, 3.8) is 0 Å². The Morgan fingerprint density at radius 2 is 2.22 bits per heavy atom. The maximum Gasteiger partial charge on any atom is 0.0599 e. The highest BCUT2D eigenvalue weighted by Crippen LogP contribution is 2.08. The molecule has 54 valence electrons. The van der Waals surface area contributed by atoms with Crippen molar-refractivity contribution in [3.8, 4) is 0 Å². The molecule has 0 unspecified atom stereocenters. The molecule has 0 aliphatic carbocycles. The minimum Gasteiger partial charge on any atom is -0.393 e. The van der Waals surface area contributed by atoms with Crippen LogP contribution in [0, 0.1) is 5.92 Å². The molecule has 0 saturated carbocycles. The van der Waals surface area contributed by atoms with Crippen LogP contribution in [-0.2, 0) is 0 Å². The Kier molecular flexibility index (Phi) is 4.41. The van der Waals surface area contributed by atoms with E-state index >= 15 is 0 Å². The molecular weight excluding hydrogens is 112 g/mol. The highest BCUT2D eigenvalue weighted by atomic mass is 16.3. The molecule has 0 aliphatic rings. The second kappa shape index (κ2) is 4.57. The van der Waals surface area contributed by atoms with E-state index in [-0.39, 0.29) is 12.0 Å². The number of aliphatic hydroxyl groups is 1. The average molecular weight is 128 g/mol. The normalized spacial score (nSPS) is 16.8. The van der Waals surface area contributed by atoms with Crippen molar-refractivity contribution >= 4 is 0 Å². The Balaban J connectivity index is 3.44. The third kappa shape index (κ3) is 3.31. The first kappa shape index (κ1) is 8.70. The van der Waals surface area contributed by atoms with E-state index in [1.165, 1.54) is 0 Å². The van der Waals surface area contributed by atoms with Gasteiger partial charge in [0.15, 0.2) is 0 Å². The molecule has 1 nitrogen and oxygen atoms in total. The highest BCUT2D eigenvalue weighted by Gasteiger charge is 2.07. The van der Waals surface area contributed by atoms with Gasteiger partial charge in [-0.3, -0.25) is 0 Å². The lowest BCUT2D eigenvalue weighted by Crippen LogP contribution is -2.14. The van der Waals surface area contributed by atoms with Crippen LogP contribution in [0.25, 0.3) is 0 Å². The summed E-state index contributed by atoms with van der Waals surface area (Å²) in [5.74, 6) is 0.241. The summed E-state index contributed by atoms with van der Waals surface area (Å²) in [7, 11) is 0. The lowest BCUT2D eigenvalue weighted by molar-refractivity contribution is 0.127. The second-order valence-electron chi connectivity index (χ2n) is 2.45. The van der Waals surface area contributed by atoms with Crippen LogP contribution >= 0.6 is 0 Å². The third-order valence-corrected chi connectivity index (χ3v) is 1.56. The Bertz CT molecular complexity index is 78.6. The van der Waals surface area contributed by atoms with Crippen molar-refractivity contribution in [1.82, 2.24) is 0 Å². The molecule has 0 aromatic rings. The van der Waals surface area contributed by atoms with E-state index < -0.39 is 0 Å². The zero-order valence-corrected chi connectivity index (χ0v) is 6.30. The van der Waals surface area contributed by atoms with E-state index in [0.29, 0.717) is 0 Å². The minimum atomic E-state index is -0.188. The molecule has 1 N–H and O–H groups in total. The van der Waals surface area contributed by atoms with Gasteiger partial charge in [-0.2, -0.15) is 0 Å². The maximum absolute atomic E-state index is 9.25. The summed E-state index contributed by atoms with van der Waals surface area (Å²) in [6.07, 6.45) is 3.53. The van der Waals surface area contributed by atoms with Crippen molar-refractivity contribution < 1.29 is 5.11 Å². The fourth-order valence-corrected chi connectivity index (χ4v) is 0.716. The van der Waals surface area contributed by atoms with Gasteiger partial charge in [-0.1, -0.05) is 26.3 Å². The predicted octanol–water partition coefficient (Wildman–Crippen LogP) is 1.97. The molecule has 9 heavy (non-hydrogen) atoms. The smallest absolute Gasteiger partial charge is 0.0599 e. The van der Waals surface area contributed by atoms with Gasteiger partial charge in [0.25, 0.3) is 0 Å². The van der Waals surface area contributed by atoms with Gasteiger partial charge >= 0.3 is 0 Å². The van der Waals surface area contributed by atoms with Gasteiger partial charge in [-0.05, 0) is 12.3 Å². The first-order valence-electron chi connectivity index (χ1n) is 3.53. The summed E-state index contributed by atoms with van der Waals surface area (Å²) in [6, 6.07) is 0. The zero-order chi connectivity index (χ0) is 7.28. The van der Waals surface area contributed by atoms with E-state index in [1.54, 1.807) is 6.08 Å². The largest absolute Gasteiger partial charge is 0.393 e. The second-order valence-corrected chi connectivity index (χ2v) is 2.45. The van der Waals surface area contributed by atoms with E-state index in [2.05, 4.69) is 13.5 Å². The van der Waals surface area contributed by atoms with Crippen molar-refractivity contribution in [2.75, 3.05) is 0 Å². The van der Waals surface area contributed by atoms with E-state index in [4.69, 9.17) is 0 Å². The molecule has 0 aliphatic heterocycles. The molecule has 0 spiro atoms. The van der Waals surface area contributed by atoms with Gasteiger partial charge in [0.05, 0.1) is 6.10 Å². The van der Waals surface area contributed by atoms with Gasteiger partial charge in [0, 0.05) is 0 Å². The molecule has 0 rings (SSSR count). The van der Waals surface area contributed by atoms with E-state index in [0.717, 1.165) is 12.8 Å². The van der Waals surface area contributed by atoms with Crippen LogP contribution in [-0.4, -0.2) is 11.2 Å². The van der Waals surface area contributed by atoms with Gasteiger partial charge in [-0.15, -0.1) is 6.58 Å². The first-order valence-corrected chi connectivity index (χ1v) is 3.53. The Morgan fingerprint density at radius 3 is 2.56 bits per heavy atom. The minimum absolute atomic E-state index is 0.188. The number of hydrogen-bond donors (Lipinski definition) is 1. The van der Waals surface area contributed by atoms with E-state index in [1.807, 2.05) is 6.92 Å². The van der Waals surface area contributed by atoms with Crippen molar-refractivity contribution in [1.29, 1.82) is 0 Å². The van der Waals surface area contributed by atoms with Crippen LogP contribution in [0.15, 0.2) is 12.7 Å². The molecule has 0 fully saturated rings. The lowest BCUT2D eigenvalue weighted by Gasteiger charge is -2.12. The number of rotatable bonds is 4. The summed E-state index contributed by atoms with van der Waals surface area (Å²) >= 11 is 0. The van der Waals surface area contributed by atoms with Crippen LogP contribution in [0.4, 0.5) is 0 Å².